The minimum atomic E-state index is -1.04. The lowest BCUT2D eigenvalue weighted by molar-refractivity contribution is -0.154. The molecule has 6 atom stereocenters. The Morgan fingerprint density at radius 3 is 2.02 bits per heavy atom. The Hall–Kier alpha value is -3.57. The second-order valence-corrected chi connectivity index (χ2v) is 18.1. The predicted molar refractivity (Wildman–Crippen MR) is 190 cm³/mol. The smallest absolute Gasteiger partial charge is 0.289 e. The van der Waals surface area contributed by atoms with Gasteiger partial charge in [0.2, 0.25) is 35.3 Å². The SMILES string of the molecule is C=CCNC(=O)C(=O)C(CCC)NC(=O)[C@@H]1[C@@H]2[C@H](CN1C(=O)[C@@H](CC(=O)N[C@H](CN1C(=O)CC(C)(C)CC1=O)C(C)(C)C)C(C)(C)C)C2(C)C. The second kappa shape index (κ2) is 15.0. The van der Waals surface area contributed by atoms with E-state index in [2.05, 4.69) is 36.4 Å². The second-order valence-electron chi connectivity index (χ2n) is 18.1. The first-order chi connectivity index (χ1) is 22.9. The maximum atomic E-state index is 14.5. The Bertz CT molecular complexity index is 1370. The molecule has 2 aliphatic heterocycles. The number of nitrogens with one attached hydrogen (secondary N) is 3. The minimum Gasteiger partial charge on any atom is -0.351 e. The average Bonchev–Trinajstić information content (AvgIpc) is 3.29. The van der Waals surface area contributed by atoms with E-state index in [1.165, 1.54) is 11.0 Å². The lowest BCUT2D eigenvalue weighted by atomic mass is 9.77. The van der Waals surface area contributed by atoms with Crippen LogP contribution in [0.25, 0.3) is 0 Å². The van der Waals surface area contributed by atoms with Gasteiger partial charge in [0.05, 0.1) is 18.0 Å². The highest BCUT2D eigenvalue weighted by Crippen LogP contribution is 2.65. The number of Topliss-reactive ketones (excluding diaryl/α,β-unsaturated/α-hetero) is 1. The third-order valence-electron chi connectivity index (χ3n) is 10.9. The van der Waals surface area contributed by atoms with Crippen molar-refractivity contribution < 1.29 is 33.6 Å². The van der Waals surface area contributed by atoms with E-state index in [1.54, 1.807) is 4.90 Å². The molecule has 50 heavy (non-hydrogen) atoms. The zero-order valence-electron chi connectivity index (χ0n) is 32.2. The molecular formula is C38H61N5O7. The van der Waals surface area contributed by atoms with E-state index in [9.17, 15) is 33.6 Å². The van der Waals surface area contributed by atoms with Crippen molar-refractivity contribution in [2.24, 2.45) is 39.4 Å². The molecule has 0 aromatic carbocycles. The Balaban J connectivity index is 1.82. The fourth-order valence-corrected chi connectivity index (χ4v) is 7.57. The number of carbonyl (C=O) groups excluding carboxylic acids is 7. The molecule has 3 aliphatic rings. The van der Waals surface area contributed by atoms with Crippen molar-refractivity contribution in [1.29, 1.82) is 0 Å². The van der Waals surface area contributed by atoms with Crippen LogP contribution in [0, 0.1) is 39.4 Å². The summed E-state index contributed by atoms with van der Waals surface area (Å²) in [5, 5.41) is 8.32. The number of hydrogen-bond donors (Lipinski definition) is 3. The number of fused-ring (bicyclic) bond motifs is 1. The summed E-state index contributed by atoms with van der Waals surface area (Å²) >= 11 is 0. The maximum Gasteiger partial charge on any atom is 0.289 e. The summed E-state index contributed by atoms with van der Waals surface area (Å²) in [4.78, 5) is 96.5. The predicted octanol–water partition coefficient (Wildman–Crippen LogP) is 3.38. The molecule has 0 bridgehead atoms. The number of piperidine rings is 2. The number of rotatable bonds is 14. The van der Waals surface area contributed by atoms with Crippen LogP contribution >= 0.6 is 0 Å². The van der Waals surface area contributed by atoms with Crippen LogP contribution in [-0.4, -0.2) is 88.8 Å². The van der Waals surface area contributed by atoms with Crippen molar-refractivity contribution in [1.82, 2.24) is 25.8 Å². The molecule has 0 radical (unpaired) electrons. The van der Waals surface area contributed by atoms with Gasteiger partial charge in [-0.05, 0) is 39.9 Å². The molecule has 0 aromatic heterocycles. The van der Waals surface area contributed by atoms with Gasteiger partial charge in [-0.1, -0.05) is 88.7 Å². The fraction of sp³-hybridized carbons (Fsp3) is 0.763. The summed E-state index contributed by atoms with van der Waals surface area (Å²) in [6.45, 7) is 25.2. The van der Waals surface area contributed by atoms with Crippen LogP contribution in [0.15, 0.2) is 12.7 Å². The van der Waals surface area contributed by atoms with Gasteiger partial charge >= 0.3 is 0 Å². The Morgan fingerprint density at radius 2 is 1.52 bits per heavy atom. The first-order valence-corrected chi connectivity index (χ1v) is 18.0. The molecule has 3 rings (SSSR count). The van der Waals surface area contributed by atoms with Crippen molar-refractivity contribution in [3.63, 3.8) is 0 Å². The Morgan fingerprint density at radius 1 is 0.940 bits per heavy atom. The number of imide groups is 1. The number of amides is 6. The van der Waals surface area contributed by atoms with Gasteiger partial charge in [-0.25, -0.2) is 0 Å². The van der Waals surface area contributed by atoms with Crippen molar-refractivity contribution >= 4 is 41.2 Å². The summed E-state index contributed by atoms with van der Waals surface area (Å²) in [5.74, 6) is -4.15. The van der Waals surface area contributed by atoms with E-state index < -0.39 is 57.9 Å². The fourth-order valence-electron chi connectivity index (χ4n) is 7.57. The molecule has 2 heterocycles. The molecular weight excluding hydrogens is 638 g/mol. The van der Waals surface area contributed by atoms with Crippen LogP contribution in [0.1, 0.15) is 108 Å². The monoisotopic (exact) mass is 699 g/mol. The molecule has 3 fully saturated rings. The van der Waals surface area contributed by atoms with Crippen LogP contribution in [-0.2, 0) is 33.6 Å². The molecule has 12 heteroatoms. The topological polar surface area (TPSA) is 162 Å². The van der Waals surface area contributed by atoms with Gasteiger partial charge in [-0.15, -0.1) is 6.58 Å². The highest BCUT2D eigenvalue weighted by atomic mass is 16.2. The molecule has 6 amide bonds. The van der Waals surface area contributed by atoms with E-state index in [0.717, 1.165) is 0 Å². The van der Waals surface area contributed by atoms with Crippen LogP contribution in [0.4, 0.5) is 0 Å². The molecule has 1 unspecified atom stereocenters. The molecule has 0 aromatic rings. The van der Waals surface area contributed by atoms with Crippen LogP contribution < -0.4 is 16.0 Å². The number of ketones is 1. The van der Waals surface area contributed by atoms with E-state index in [4.69, 9.17) is 0 Å². The highest BCUT2D eigenvalue weighted by molar-refractivity contribution is 6.38. The molecule has 1 aliphatic carbocycles. The molecule has 0 spiro atoms. The normalized spacial score (nSPS) is 24.4. The van der Waals surface area contributed by atoms with Crippen molar-refractivity contribution in [3.05, 3.63) is 12.7 Å². The zero-order chi connectivity index (χ0) is 38.1. The van der Waals surface area contributed by atoms with Gasteiger partial charge in [0.15, 0.2) is 0 Å². The quantitative estimate of drug-likeness (QED) is 0.142. The van der Waals surface area contributed by atoms with E-state index in [0.29, 0.717) is 13.0 Å². The summed E-state index contributed by atoms with van der Waals surface area (Å²) in [6.07, 6.45) is 2.59. The molecule has 2 saturated heterocycles. The summed E-state index contributed by atoms with van der Waals surface area (Å²) < 4.78 is 0. The summed E-state index contributed by atoms with van der Waals surface area (Å²) in [7, 11) is 0. The first kappa shape index (κ1) is 40.9. The summed E-state index contributed by atoms with van der Waals surface area (Å²) in [6, 6.07) is -2.46. The van der Waals surface area contributed by atoms with Gasteiger partial charge in [0, 0.05) is 38.9 Å². The number of carbonyl (C=O) groups is 7. The maximum absolute atomic E-state index is 14.5. The van der Waals surface area contributed by atoms with Gasteiger partial charge in [-0.3, -0.25) is 38.5 Å². The van der Waals surface area contributed by atoms with E-state index in [1.807, 2.05) is 62.3 Å². The summed E-state index contributed by atoms with van der Waals surface area (Å²) in [5.41, 5.74) is -1.79. The Kier molecular flexibility index (Phi) is 12.2. The number of nitrogens with zero attached hydrogens (tertiary/aromatic N) is 2. The largest absolute Gasteiger partial charge is 0.351 e. The molecule has 3 N–H and O–H groups in total. The van der Waals surface area contributed by atoms with Crippen LogP contribution in [0.3, 0.4) is 0 Å². The third kappa shape index (κ3) is 9.20. The van der Waals surface area contributed by atoms with Gasteiger partial charge in [0.25, 0.3) is 5.91 Å². The van der Waals surface area contributed by atoms with Crippen LogP contribution in [0.2, 0.25) is 0 Å². The number of likely N-dealkylation sites (tertiary alicyclic amines) is 2. The third-order valence-corrected chi connectivity index (χ3v) is 10.9. The highest BCUT2D eigenvalue weighted by Gasteiger charge is 2.69. The van der Waals surface area contributed by atoms with Gasteiger partial charge in [0.1, 0.15) is 6.04 Å². The lowest BCUT2D eigenvalue weighted by Crippen LogP contribution is -2.57. The minimum absolute atomic E-state index is 0.0349. The average molecular weight is 700 g/mol. The van der Waals surface area contributed by atoms with E-state index >= 15 is 0 Å². The van der Waals surface area contributed by atoms with Crippen molar-refractivity contribution in [3.8, 4) is 0 Å². The first-order valence-electron chi connectivity index (χ1n) is 18.0. The lowest BCUT2D eigenvalue weighted by Gasteiger charge is -2.40. The Labute approximate surface area is 298 Å². The standard InChI is InChI=1S/C38H61N5O7/c1-13-15-24(31(47)33(49)39-16-14-2)40-32(48)30-29-23(38(29,11)12)20-43(30)34(50)22(35(3,4)5)17-26(44)41-25(36(6,7)8)21-42-27(45)18-37(9,10)19-28(42)46/h14,22-25,29-30H,2,13,15-21H2,1,3-12H3,(H,39,49)(H,40,48)(H,41,44)/t22-,23+,24?,25-,29+,30+/m1/s1. The number of hydrogen-bond acceptors (Lipinski definition) is 7. The zero-order valence-corrected chi connectivity index (χ0v) is 32.2. The molecule has 280 valence electrons. The molecule has 12 nitrogen and oxygen atoms in total. The van der Waals surface area contributed by atoms with Gasteiger partial charge < -0.3 is 20.9 Å². The van der Waals surface area contributed by atoms with Crippen LogP contribution in [0.5, 0.6) is 0 Å². The van der Waals surface area contributed by atoms with Gasteiger partial charge in [-0.2, -0.15) is 0 Å². The van der Waals surface area contributed by atoms with Crippen molar-refractivity contribution in [2.45, 2.75) is 126 Å². The molecule has 1 saturated carbocycles. The van der Waals surface area contributed by atoms with Crippen molar-refractivity contribution in [2.75, 3.05) is 19.6 Å². The van der Waals surface area contributed by atoms with E-state index in [-0.39, 0.29) is 79.7 Å².